The third-order valence-corrected chi connectivity index (χ3v) is 5.67. The van der Waals surface area contributed by atoms with E-state index in [-0.39, 0.29) is 0 Å². The van der Waals surface area contributed by atoms with Gasteiger partial charge in [0.25, 0.3) is 0 Å². The Kier molecular flexibility index (Phi) is 4.13. The number of primary amides is 1. The van der Waals surface area contributed by atoms with Gasteiger partial charge in [0.05, 0.1) is 12.4 Å². The molecule has 116 valence electrons. The van der Waals surface area contributed by atoms with Gasteiger partial charge in [-0.15, -0.1) is 0 Å². The minimum absolute atomic E-state index is 0.409. The van der Waals surface area contributed by atoms with Crippen LogP contribution in [0, 0.1) is 0 Å². The molecule has 6 nitrogen and oxygen atoms in total. The molecule has 0 radical (unpaired) electrons. The highest BCUT2D eigenvalue weighted by molar-refractivity contribution is 7.91. The second kappa shape index (κ2) is 5.55. The van der Waals surface area contributed by atoms with Gasteiger partial charge in [0.2, 0.25) is 5.91 Å². The van der Waals surface area contributed by atoms with Gasteiger partial charge in [-0.1, -0.05) is 0 Å². The van der Waals surface area contributed by atoms with Crippen LogP contribution < -0.4 is 15.8 Å². The number of sulfone groups is 1. The Morgan fingerprint density at radius 1 is 1.38 bits per heavy atom. The zero-order valence-corrected chi connectivity index (χ0v) is 12.9. The number of anilines is 1. The maximum atomic E-state index is 12.0. The summed E-state index contributed by atoms with van der Waals surface area (Å²) >= 11 is 0. The Morgan fingerprint density at radius 2 is 2.00 bits per heavy atom. The average Bonchev–Trinajstić information content (AvgIpc) is 2.85. The maximum Gasteiger partial charge on any atom is 0.244 e. The number of rotatable bonds is 5. The molecule has 7 heteroatoms. The van der Waals surface area contributed by atoms with Gasteiger partial charge < -0.3 is 15.8 Å². The molecular formula is C14H20N2O4S. The second-order valence-corrected chi connectivity index (χ2v) is 7.63. The van der Waals surface area contributed by atoms with Crippen molar-refractivity contribution in [1.29, 1.82) is 0 Å². The number of methoxy groups -OCH3 is 1. The molecule has 0 aromatic heterocycles. The molecule has 1 aliphatic rings. The summed E-state index contributed by atoms with van der Waals surface area (Å²) in [6.45, 7) is 0. The zero-order chi connectivity index (χ0) is 15.7. The molecule has 2 atom stereocenters. The van der Waals surface area contributed by atoms with E-state index in [4.69, 9.17) is 10.5 Å². The Balaban J connectivity index is 2.36. The molecule has 3 N–H and O–H groups in total. The molecule has 0 aliphatic heterocycles. The van der Waals surface area contributed by atoms with Gasteiger partial charge in [0, 0.05) is 11.9 Å². The van der Waals surface area contributed by atoms with Crippen molar-refractivity contribution in [2.45, 2.75) is 30.1 Å². The summed E-state index contributed by atoms with van der Waals surface area (Å²) in [6, 6.07) is 6.95. The molecule has 1 amide bonds. The molecule has 1 aromatic carbocycles. The van der Waals surface area contributed by atoms with Gasteiger partial charge in [-0.3, -0.25) is 4.79 Å². The first-order valence-corrected chi connectivity index (χ1v) is 8.66. The molecule has 0 bridgehead atoms. The molecule has 1 aromatic rings. The quantitative estimate of drug-likeness (QED) is 0.842. The fourth-order valence-corrected chi connectivity index (χ4v) is 4.59. The molecule has 0 saturated heterocycles. The van der Waals surface area contributed by atoms with Crippen LogP contribution in [0.2, 0.25) is 0 Å². The van der Waals surface area contributed by atoms with Crippen molar-refractivity contribution in [3.63, 3.8) is 0 Å². The van der Waals surface area contributed by atoms with Crippen LogP contribution in [-0.2, 0) is 14.6 Å². The van der Waals surface area contributed by atoms with Crippen LogP contribution in [0.15, 0.2) is 24.3 Å². The first kappa shape index (κ1) is 15.6. The maximum absolute atomic E-state index is 12.0. The summed E-state index contributed by atoms with van der Waals surface area (Å²) in [6.07, 6.45) is 2.64. The summed E-state index contributed by atoms with van der Waals surface area (Å²) in [5, 5.41) is 2.25. The molecule has 2 rings (SSSR count). The van der Waals surface area contributed by atoms with Crippen LogP contribution >= 0.6 is 0 Å². The highest BCUT2D eigenvalue weighted by Crippen LogP contribution is 2.37. The van der Waals surface area contributed by atoms with E-state index in [9.17, 15) is 13.2 Å². The number of hydrogen-bond acceptors (Lipinski definition) is 5. The van der Waals surface area contributed by atoms with E-state index in [0.29, 0.717) is 30.7 Å². The van der Waals surface area contributed by atoms with Gasteiger partial charge in [-0.05, 0) is 43.5 Å². The predicted molar refractivity (Wildman–Crippen MR) is 81.0 cm³/mol. The zero-order valence-electron chi connectivity index (χ0n) is 12.1. The molecule has 2 unspecified atom stereocenters. The molecule has 0 heterocycles. The van der Waals surface area contributed by atoms with E-state index in [2.05, 4.69) is 5.32 Å². The number of ether oxygens (including phenoxy) is 1. The standard InChI is InChI=1S/C14H20N2O4S/c1-20-11-7-5-10(6-8-11)16-14(13(15)17)9-3-4-12(14)21(2,18)19/h5-8,12,16H,3-4,9H2,1-2H3,(H2,15,17). The SMILES string of the molecule is COc1ccc(NC2(C(N)=O)CCCC2S(C)(=O)=O)cc1. The van der Waals surface area contributed by atoms with Crippen LogP contribution in [0.5, 0.6) is 5.75 Å². The summed E-state index contributed by atoms with van der Waals surface area (Å²) in [7, 11) is -1.82. The fourth-order valence-electron chi connectivity index (χ4n) is 2.97. The molecule has 1 aliphatic carbocycles. The highest BCUT2D eigenvalue weighted by Gasteiger charge is 2.52. The van der Waals surface area contributed by atoms with E-state index >= 15 is 0 Å². The Morgan fingerprint density at radius 3 is 2.48 bits per heavy atom. The lowest BCUT2D eigenvalue weighted by Gasteiger charge is -2.33. The van der Waals surface area contributed by atoms with Crippen LogP contribution in [-0.4, -0.2) is 38.5 Å². The largest absolute Gasteiger partial charge is 0.497 e. The fraction of sp³-hybridized carbons (Fsp3) is 0.500. The monoisotopic (exact) mass is 312 g/mol. The molecule has 1 fully saturated rings. The lowest BCUT2D eigenvalue weighted by atomic mass is 9.95. The van der Waals surface area contributed by atoms with E-state index in [1.54, 1.807) is 31.4 Å². The summed E-state index contributed by atoms with van der Waals surface area (Å²) < 4.78 is 29.0. The number of carbonyl (C=O) groups excluding carboxylic acids is 1. The minimum atomic E-state index is -3.38. The van der Waals surface area contributed by atoms with Crippen LogP contribution in [0.3, 0.4) is 0 Å². The number of nitrogens with one attached hydrogen (secondary N) is 1. The van der Waals surface area contributed by atoms with E-state index < -0.39 is 26.5 Å². The van der Waals surface area contributed by atoms with Crippen molar-refractivity contribution < 1.29 is 17.9 Å². The topological polar surface area (TPSA) is 98.5 Å². The smallest absolute Gasteiger partial charge is 0.244 e. The van der Waals surface area contributed by atoms with Gasteiger partial charge in [-0.2, -0.15) is 0 Å². The Bertz CT molecular complexity index is 627. The van der Waals surface area contributed by atoms with Gasteiger partial charge in [-0.25, -0.2) is 8.42 Å². The van der Waals surface area contributed by atoms with Crippen molar-refractivity contribution in [3.8, 4) is 5.75 Å². The van der Waals surface area contributed by atoms with Gasteiger partial charge in [0.15, 0.2) is 9.84 Å². The lowest BCUT2D eigenvalue weighted by Crippen LogP contribution is -2.58. The third-order valence-electron chi connectivity index (χ3n) is 4.00. The number of benzene rings is 1. The first-order valence-electron chi connectivity index (χ1n) is 6.70. The molecular weight excluding hydrogens is 292 g/mol. The number of carbonyl (C=O) groups is 1. The normalized spacial score (nSPS) is 25.5. The number of nitrogens with two attached hydrogens (primary N) is 1. The van der Waals surface area contributed by atoms with Crippen molar-refractivity contribution in [2.24, 2.45) is 5.73 Å². The number of hydrogen-bond donors (Lipinski definition) is 2. The first-order chi connectivity index (χ1) is 9.79. The molecule has 21 heavy (non-hydrogen) atoms. The van der Waals surface area contributed by atoms with Gasteiger partial charge >= 0.3 is 0 Å². The van der Waals surface area contributed by atoms with Crippen LogP contribution in [0.4, 0.5) is 5.69 Å². The predicted octanol–water partition coefficient (Wildman–Crippen LogP) is 0.928. The average molecular weight is 312 g/mol. The summed E-state index contributed by atoms with van der Waals surface area (Å²) in [5.41, 5.74) is 4.93. The summed E-state index contributed by atoms with van der Waals surface area (Å²) in [4.78, 5) is 12.0. The summed E-state index contributed by atoms with van der Waals surface area (Å²) in [5.74, 6) is 0.0472. The Labute approximate surface area is 124 Å². The Hall–Kier alpha value is -1.76. The second-order valence-electron chi connectivity index (χ2n) is 5.40. The van der Waals surface area contributed by atoms with Crippen LogP contribution in [0.25, 0.3) is 0 Å². The van der Waals surface area contributed by atoms with Crippen molar-refractivity contribution >= 4 is 21.4 Å². The molecule has 1 saturated carbocycles. The number of amides is 1. The van der Waals surface area contributed by atoms with Crippen molar-refractivity contribution in [1.82, 2.24) is 0 Å². The van der Waals surface area contributed by atoms with Gasteiger partial charge in [0.1, 0.15) is 11.3 Å². The molecule has 0 spiro atoms. The third kappa shape index (κ3) is 2.97. The van der Waals surface area contributed by atoms with E-state index in [1.165, 1.54) is 0 Å². The van der Waals surface area contributed by atoms with Crippen molar-refractivity contribution in [3.05, 3.63) is 24.3 Å². The minimum Gasteiger partial charge on any atom is -0.497 e. The van der Waals surface area contributed by atoms with Crippen molar-refractivity contribution in [2.75, 3.05) is 18.7 Å². The van der Waals surface area contributed by atoms with E-state index in [0.717, 1.165) is 6.26 Å². The highest BCUT2D eigenvalue weighted by atomic mass is 32.2. The lowest BCUT2D eigenvalue weighted by molar-refractivity contribution is -0.122. The van der Waals surface area contributed by atoms with E-state index in [1.807, 2.05) is 0 Å². The van der Waals surface area contributed by atoms with Crippen LogP contribution in [0.1, 0.15) is 19.3 Å².